The number of hydrogen-bond donors (Lipinski definition) is 3. The van der Waals surface area contributed by atoms with E-state index in [1.165, 1.54) is 5.56 Å². The molecular weight excluding hydrogens is 238 g/mol. The Morgan fingerprint density at radius 2 is 2.05 bits per heavy atom. The van der Waals surface area contributed by atoms with E-state index in [9.17, 15) is 5.11 Å². The summed E-state index contributed by atoms with van der Waals surface area (Å²) >= 11 is 0. The van der Waals surface area contributed by atoms with Gasteiger partial charge in [0.1, 0.15) is 0 Å². The van der Waals surface area contributed by atoms with Gasteiger partial charge in [-0.3, -0.25) is 4.99 Å². The molecule has 1 aromatic carbocycles. The zero-order valence-corrected chi connectivity index (χ0v) is 11.8. The minimum Gasteiger partial charge on any atom is -0.393 e. The first kappa shape index (κ1) is 15.5. The number of aliphatic hydroxyl groups is 1. The van der Waals surface area contributed by atoms with E-state index >= 15 is 0 Å². The van der Waals surface area contributed by atoms with Gasteiger partial charge in [0.25, 0.3) is 0 Å². The number of nitrogens with one attached hydrogen (secondary N) is 1. The molecule has 0 bridgehead atoms. The number of rotatable bonds is 7. The molecule has 0 saturated carbocycles. The van der Waals surface area contributed by atoms with Crippen molar-refractivity contribution in [1.29, 1.82) is 0 Å². The second kappa shape index (κ2) is 8.53. The zero-order valence-electron chi connectivity index (χ0n) is 11.8. The van der Waals surface area contributed by atoms with Gasteiger partial charge in [-0.1, -0.05) is 37.3 Å². The third-order valence-electron chi connectivity index (χ3n) is 2.93. The summed E-state index contributed by atoms with van der Waals surface area (Å²) in [5.41, 5.74) is 6.98. The lowest BCUT2D eigenvalue weighted by Crippen LogP contribution is -2.32. The maximum atomic E-state index is 9.60. The third-order valence-corrected chi connectivity index (χ3v) is 2.93. The molecule has 0 aliphatic carbocycles. The molecule has 4 heteroatoms. The van der Waals surface area contributed by atoms with Crippen LogP contribution in [0.3, 0.4) is 0 Å². The number of benzene rings is 1. The maximum Gasteiger partial charge on any atom is 0.188 e. The normalized spacial score (nSPS) is 15.0. The van der Waals surface area contributed by atoms with Crippen molar-refractivity contribution in [2.45, 2.75) is 38.7 Å². The molecule has 4 N–H and O–H groups in total. The first-order valence-corrected chi connectivity index (χ1v) is 6.90. The predicted molar refractivity (Wildman–Crippen MR) is 80.3 cm³/mol. The summed E-state index contributed by atoms with van der Waals surface area (Å²) in [5.74, 6) is 0.677. The van der Waals surface area contributed by atoms with E-state index < -0.39 is 0 Å². The van der Waals surface area contributed by atoms with Gasteiger partial charge in [-0.05, 0) is 25.3 Å². The first-order chi connectivity index (χ1) is 9.13. The lowest BCUT2D eigenvalue weighted by molar-refractivity contribution is 0.175. The summed E-state index contributed by atoms with van der Waals surface area (Å²) in [6.07, 6.45) is 1.37. The standard InChI is InChI=1S/C15H25N3O/c1-3-9-17-15(16)18-11-14(10-12(2)19)13-7-5-4-6-8-13/h4-8,12,14,19H,3,9-11H2,1-2H3,(H3,16,17,18). The summed E-state index contributed by atoms with van der Waals surface area (Å²) in [6, 6.07) is 10.1. The Bertz CT molecular complexity index is 376. The fourth-order valence-electron chi connectivity index (χ4n) is 1.97. The second-order valence-corrected chi connectivity index (χ2v) is 4.85. The smallest absolute Gasteiger partial charge is 0.188 e. The number of nitrogens with two attached hydrogens (primary N) is 1. The van der Waals surface area contributed by atoms with Crippen molar-refractivity contribution >= 4 is 5.96 Å². The molecule has 1 rings (SSSR count). The summed E-state index contributed by atoms with van der Waals surface area (Å²) in [6.45, 7) is 5.32. The van der Waals surface area contributed by atoms with Crippen LogP contribution in [0.25, 0.3) is 0 Å². The van der Waals surface area contributed by atoms with E-state index in [2.05, 4.69) is 29.4 Å². The predicted octanol–water partition coefficient (Wildman–Crippen LogP) is 1.86. The highest BCUT2D eigenvalue weighted by molar-refractivity contribution is 5.77. The van der Waals surface area contributed by atoms with Crippen molar-refractivity contribution in [3.63, 3.8) is 0 Å². The van der Waals surface area contributed by atoms with Crippen LogP contribution in [0, 0.1) is 0 Å². The average molecular weight is 263 g/mol. The van der Waals surface area contributed by atoms with Crippen molar-refractivity contribution in [3.05, 3.63) is 35.9 Å². The van der Waals surface area contributed by atoms with Gasteiger partial charge in [0, 0.05) is 19.0 Å². The minimum absolute atomic E-state index is 0.197. The number of nitrogens with zero attached hydrogens (tertiary/aromatic N) is 1. The SMILES string of the molecule is CCCNC(N)=NCC(CC(C)O)c1ccccc1. The molecule has 0 aliphatic rings. The van der Waals surface area contributed by atoms with Gasteiger partial charge < -0.3 is 16.2 Å². The molecule has 0 amide bonds. The van der Waals surface area contributed by atoms with Gasteiger partial charge in [0.15, 0.2) is 5.96 Å². The molecule has 0 aromatic heterocycles. The molecule has 0 spiro atoms. The van der Waals surface area contributed by atoms with Gasteiger partial charge in [-0.2, -0.15) is 0 Å². The molecule has 0 saturated heterocycles. The molecule has 1 aromatic rings. The topological polar surface area (TPSA) is 70.6 Å². The van der Waals surface area contributed by atoms with Crippen molar-refractivity contribution in [2.24, 2.45) is 10.7 Å². The molecule has 0 fully saturated rings. The van der Waals surface area contributed by atoms with Gasteiger partial charge >= 0.3 is 0 Å². The summed E-state index contributed by atoms with van der Waals surface area (Å²) in [5, 5.41) is 12.7. The van der Waals surface area contributed by atoms with Gasteiger partial charge in [-0.15, -0.1) is 0 Å². The number of aliphatic hydroxyl groups excluding tert-OH is 1. The van der Waals surface area contributed by atoms with E-state index in [1.807, 2.05) is 18.2 Å². The quantitative estimate of drug-likeness (QED) is 0.519. The van der Waals surface area contributed by atoms with Crippen LogP contribution in [0.5, 0.6) is 0 Å². The summed E-state index contributed by atoms with van der Waals surface area (Å²) in [4.78, 5) is 4.36. The maximum absolute atomic E-state index is 9.60. The Hall–Kier alpha value is -1.55. The fraction of sp³-hybridized carbons (Fsp3) is 0.533. The Morgan fingerprint density at radius 1 is 1.37 bits per heavy atom. The summed E-state index contributed by atoms with van der Waals surface area (Å²) in [7, 11) is 0. The van der Waals surface area contributed by atoms with Crippen molar-refractivity contribution in [1.82, 2.24) is 5.32 Å². The summed E-state index contributed by atoms with van der Waals surface area (Å²) < 4.78 is 0. The molecule has 19 heavy (non-hydrogen) atoms. The molecule has 106 valence electrons. The third kappa shape index (κ3) is 6.25. The van der Waals surface area contributed by atoms with E-state index in [4.69, 9.17) is 5.73 Å². The highest BCUT2D eigenvalue weighted by Gasteiger charge is 2.13. The first-order valence-electron chi connectivity index (χ1n) is 6.90. The van der Waals surface area contributed by atoms with Crippen LogP contribution < -0.4 is 11.1 Å². The Balaban J connectivity index is 2.65. The molecule has 2 atom stereocenters. The minimum atomic E-state index is -0.342. The van der Waals surface area contributed by atoms with E-state index in [0.717, 1.165) is 13.0 Å². The molecule has 0 radical (unpaired) electrons. The average Bonchev–Trinajstić information content (AvgIpc) is 2.41. The molecule has 2 unspecified atom stereocenters. The largest absolute Gasteiger partial charge is 0.393 e. The molecule has 4 nitrogen and oxygen atoms in total. The van der Waals surface area contributed by atoms with Crippen LogP contribution in [0.15, 0.2) is 35.3 Å². The van der Waals surface area contributed by atoms with Crippen LogP contribution in [0.2, 0.25) is 0 Å². The Kier molecular flexibility index (Phi) is 6.97. The molecule has 0 heterocycles. The number of guanidine groups is 1. The number of hydrogen-bond acceptors (Lipinski definition) is 2. The van der Waals surface area contributed by atoms with Crippen LogP contribution in [-0.2, 0) is 0 Å². The monoisotopic (exact) mass is 263 g/mol. The lowest BCUT2D eigenvalue weighted by Gasteiger charge is -2.17. The second-order valence-electron chi connectivity index (χ2n) is 4.85. The fourth-order valence-corrected chi connectivity index (χ4v) is 1.97. The van der Waals surface area contributed by atoms with Gasteiger partial charge in [0.2, 0.25) is 0 Å². The zero-order chi connectivity index (χ0) is 14.1. The van der Waals surface area contributed by atoms with Crippen molar-refractivity contribution in [2.75, 3.05) is 13.1 Å². The van der Waals surface area contributed by atoms with Crippen LogP contribution in [-0.4, -0.2) is 30.3 Å². The van der Waals surface area contributed by atoms with E-state index in [1.54, 1.807) is 6.92 Å². The van der Waals surface area contributed by atoms with Crippen LogP contribution in [0.4, 0.5) is 0 Å². The van der Waals surface area contributed by atoms with Crippen LogP contribution in [0.1, 0.15) is 38.2 Å². The van der Waals surface area contributed by atoms with Gasteiger partial charge in [0.05, 0.1) is 6.10 Å². The number of aliphatic imine (C=N–C) groups is 1. The van der Waals surface area contributed by atoms with Crippen molar-refractivity contribution < 1.29 is 5.11 Å². The van der Waals surface area contributed by atoms with E-state index in [-0.39, 0.29) is 12.0 Å². The van der Waals surface area contributed by atoms with E-state index in [0.29, 0.717) is 18.9 Å². The van der Waals surface area contributed by atoms with Crippen LogP contribution >= 0.6 is 0 Å². The lowest BCUT2D eigenvalue weighted by atomic mass is 9.93. The highest BCUT2D eigenvalue weighted by atomic mass is 16.3. The Morgan fingerprint density at radius 3 is 2.63 bits per heavy atom. The molecular formula is C15H25N3O. The molecule has 0 aliphatic heterocycles. The highest BCUT2D eigenvalue weighted by Crippen LogP contribution is 2.21. The van der Waals surface area contributed by atoms with Crippen molar-refractivity contribution in [3.8, 4) is 0 Å². The Labute approximate surface area is 115 Å². The van der Waals surface area contributed by atoms with Gasteiger partial charge in [-0.25, -0.2) is 0 Å².